The minimum absolute atomic E-state index is 0. The molecule has 0 radical (unpaired) electrons. The topological polar surface area (TPSA) is 88.4 Å². The number of guanidine groups is 1. The summed E-state index contributed by atoms with van der Waals surface area (Å²) in [6.45, 7) is 1.58. The van der Waals surface area contributed by atoms with Gasteiger partial charge >= 0.3 is 0 Å². The van der Waals surface area contributed by atoms with Gasteiger partial charge in [-0.15, -0.1) is 24.0 Å². The van der Waals surface area contributed by atoms with Crippen LogP contribution in [0.1, 0.15) is 22.3 Å². The Morgan fingerprint density at radius 2 is 1.75 bits per heavy atom. The highest BCUT2D eigenvalue weighted by molar-refractivity contribution is 14.0. The monoisotopic (exact) mass is 571 g/mol. The van der Waals surface area contributed by atoms with Crippen LogP contribution < -0.4 is 10.6 Å². The van der Waals surface area contributed by atoms with Gasteiger partial charge in [0.2, 0.25) is 0 Å². The number of halogens is 2. The molecule has 0 amide bonds. The average molecular weight is 571 g/mol. The molecule has 0 aliphatic heterocycles. The van der Waals surface area contributed by atoms with Crippen molar-refractivity contribution in [3.8, 4) is 0 Å². The van der Waals surface area contributed by atoms with Crippen molar-refractivity contribution in [2.75, 3.05) is 13.3 Å². The van der Waals surface area contributed by atoms with Gasteiger partial charge in [-0.3, -0.25) is 4.99 Å². The van der Waals surface area contributed by atoms with Gasteiger partial charge in [-0.2, -0.15) is 0 Å². The van der Waals surface area contributed by atoms with Crippen molar-refractivity contribution in [3.05, 3.63) is 89.3 Å². The normalized spacial score (nSPS) is 11.7. The second kappa shape index (κ2) is 12.0. The number of rotatable bonds is 8. The Morgan fingerprint density at radius 1 is 1.06 bits per heavy atom. The molecule has 3 rings (SSSR count). The molecule has 172 valence electrons. The molecule has 2 aromatic carbocycles. The van der Waals surface area contributed by atoms with E-state index in [1.807, 2.05) is 22.9 Å². The van der Waals surface area contributed by atoms with E-state index in [1.54, 1.807) is 19.6 Å². The van der Waals surface area contributed by atoms with Crippen LogP contribution in [0, 0.1) is 5.82 Å². The zero-order valence-electron chi connectivity index (χ0n) is 18.0. The van der Waals surface area contributed by atoms with Crippen molar-refractivity contribution in [2.45, 2.75) is 25.4 Å². The van der Waals surface area contributed by atoms with Crippen molar-refractivity contribution in [3.63, 3.8) is 0 Å². The molecule has 3 aromatic rings. The SMILES string of the molecule is CN=C(NCc1ccc(Cn2ccnc2)cc1)NCc1cc(F)ccc1CS(C)(=O)=O.I. The lowest BCUT2D eigenvalue weighted by Crippen LogP contribution is -2.36. The lowest BCUT2D eigenvalue weighted by Gasteiger charge is -2.14. The lowest BCUT2D eigenvalue weighted by atomic mass is 10.1. The Labute approximate surface area is 205 Å². The molecule has 2 N–H and O–H groups in total. The summed E-state index contributed by atoms with van der Waals surface area (Å²) in [5.74, 6) is -0.00768. The lowest BCUT2D eigenvalue weighted by molar-refractivity contribution is 0.599. The van der Waals surface area contributed by atoms with Gasteiger partial charge in [0.15, 0.2) is 15.8 Å². The Kier molecular flexibility index (Phi) is 9.63. The molecule has 1 aromatic heterocycles. The summed E-state index contributed by atoms with van der Waals surface area (Å²) in [6, 6.07) is 12.4. The van der Waals surface area contributed by atoms with E-state index in [0.29, 0.717) is 23.6 Å². The maximum atomic E-state index is 13.7. The largest absolute Gasteiger partial charge is 0.352 e. The van der Waals surface area contributed by atoms with Gasteiger partial charge in [0.05, 0.1) is 12.1 Å². The number of aromatic nitrogens is 2. The number of sulfone groups is 1. The molecule has 1 heterocycles. The molecule has 32 heavy (non-hydrogen) atoms. The third-order valence-corrected chi connectivity index (χ3v) is 5.50. The van der Waals surface area contributed by atoms with Crippen LogP contribution in [0.2, 0.25) is 0 Å². The molecule has 10 heteroatoms. The highest BCUT2D eigenvalue weighted by Crippen LogP contribution is 2.14. The summed E-state index contributed by atoms with van der Waals surface area (Å²) in [7, 11) is -1.58. The third-order valence-electron chi connectivity index (χ3n) is 4.66. The van der Waals surface area contributed by atoms with Gasteiger partial charge < -0.3 is 15.2 Å². The Balaban J connectivity index is 0.00000363. The van der Waals surface area contributed by atoms with Crippen molar-refractivity contribution in [2.24, 2.45) is 4.99 Å². The molecule has 0 atom stereocenters. The van der Waals surface area contributed by atoms with Crippen molar-refractivity contribution in [1.82, 2.24) is 20.2 Å². The van der Waals surface area contributed by atoms with Gasteiger partial charge in [-0.05, 0) is 34.4 Å². The molecule has 0 fully saturated rings. The van der Waals surface area contributed by atoms with Crippen molar-refractivity contribution < 1.29 is 12.8 Å². The average Bonchev–Trinajstić information content (AvgIpc) is 3.23. The van der Waals surface area contributed by atoms with E-state index >= 15 is 0 Å². The van der Waals surface area contributed by atoms with E-state index in [4.69, 9.17) is 0 Å². The molecule has 0 unspecified atom stereocenters. The van der Waals surface area contributed by atoms with Crippen LogP contribution in [0.3, 0.4) is 0 Å². The number of nitrogens with zero attached hydrogens (tertiary/aromatic N) is 3. The summed E-state index contributed by atoms with van der Waals surface area (Å²) >= 11 is 0. The summed E-state index contributed by atoms with van der Waals surface area (Å²) in [5, 5.41) is 6.33. The minimum Gasteiger partial charge on any atom is -0.352 e. The zero-order chi connectivity index (χ0) is 22.3. The molecule has 0 saturated carbocycles. The standard InChI is InChI=1S/C22H26FN5O2S.HI/c1-24-22(27-13-20-11-21(23)8-7-19(20)15-31(2,29)30)26-12-17-3-5-18(6-4-17)14-28-10-9-25-16-28;/h3-11,16H,12-15H2,1-2H3,(H2,24,26,27);1H. The smallest absolute Gasteiger partial charge is 0.191 e. The number of benzene rings is 2. The Bertz CT molecular complexity index is 1130. The number of nitrogens with one attached hydrogen (secondary N) is 2. The van der Waals surface area contributed by atoms with E-state index in [1.165, 1.54) is 23.8 Å². The van der Waals surface area contributed by atoms with Crippen LogP contribution >= 0.6 is 24.0 Å². The van der Waals surface area contributed by atoms with E-state index in [-0.39, 0.29) is 36.3 Å². The fourth-order valence-corrected chi connectivity index (χ4v) is 3.97. The fraction of sp³-hybridized carbons (Fsp3) is 0.273. The third kappa shape index (κ3) is 8.23. The predicted octanol–water partition coefficient (Wildman–Crippen LogP) is 3.10. The number of hydrogen-bond acceptors (Lipinski definition) is 4. The molecule has 0 saturated heterocycles. The first kappa shape index (κ1) is 25.8. The molecule has 0 spiro atoms. The maximum absolute atomic E-state index is 13.7. The quantitative estimate of drug-likeness (QED) is 0.247. The second-order valence-electron chi connectivity index (χ2n) is 7.31. The van der Waals surface area contributed by atoms with Crippen LogP contribution in [0.25, 0.3) is 0 Å². The summed E-state index contributed by atoms with van der Waals surface area (Å²) < 4.78 is 39.0. The van der Waals surface area contributed by atoms with E-state index in [0.717, 1.165) is 18.4 Å². The summed E-state index contributed by atoms with van der Waals surface area (Å²) in [6.07, 6.45) is 6.62. The molecule has 0 aliphatic carbocycles. The van der Waals surface area contributed by atoms with Gasteiger partial charge in [0.1, 0.15) is 5.82 Å². The highest BCUT2D eigenvalue weighted by atomic mass is 127. The van der Waals surface area contributed by atoms with E-state index in [9.17, 15) is 12.8 Å². The van der Waals surface area contributed by atoms with Gasteiger partial charge in [-0.25, -0.2) is 17.8 Å². The van der Waals surface area contributed by atoms with Crippen LogP contribution in [0.4, 0.5) is 4.39 Å². The Hall–Kier alpha value is -2.47. The van der Waals surface area contributed by atoms with Gasteiger partial charge in [0, 0.05) is 45.3 Å². The molecule has 0 bridgehead atoms. The molecule has 0 aliphatic rings. The summed E-state index contributed by atoms with van der Waals surface area (Å²) in [5.41, 5.74) is 3.41. The first-order valence-corrected chi connectivity index (χ1v) is 11.8. The second-order valence-corrected chi connectivity index (χ2v) is 9.45. The minimum atomic E-state index is -3.22. The van der Waals surface area contributed by atoms with Crippen LogP contribution in [0.5, 0.6) is 0 Å². The van der Waals surface area contributed by atoms with Gasteiger partial charge in [0.25, 0.3) is 0 Å². The van der Waals surface area contributed by atoms with Crippen LogP contribution in [-0.2, 0) is 35.2 Å². The van der Waals surface area contributed by atoms with Crippen LogP contribution in [-0.4, -0.2) is 37.2 Å². The fourth-order valence-electron chi connectivity index (χ4n) is 3.12. The van der Waals surface area contributed by atoms with E-state index < -0.39 is 15.7 Å². The van der Waals surface area contributed by atoms with E-state index in [2.05, 4.69) is 32.7 Å². The number of imidazole rings is 1. The number of aliphatic imine (C=N–C) groups is 1. The molecular formula is C22H27FIN5O2S. The first-order valence-electron chi connectivity index (χ1n) is 9.75. The van der Waals surface area contributed by atoms with Crippen molar-refractivity contribution in [1.29, 1.82) is 0 Å². The van der Waals surface area contributed by atoms with Crippen LogP contribution in [0.15, 0.2) is 66.2 Å². The highest BCUT2D eigenvalue weighted by Gasteiger charge is 2.11. The predicted molar refractivity (Wildman–Crippen MR) is 135 cm³/mol. The number of hydrogen-bond donors (Lipinski definition) is 2. The molecule has 7 nitrogen and oxygen atoms in total. The maximum Gasteiger partial charge on any atom is 0.191 e. The van der Waals surface area contributed by atoms with Gasteiger partial charge in [-0.1, -0.05) is 30.3 Å². The zero-order valence-corrected chi connectivity index (χ0v) is 21.1. The first-order chi connectivity index (χ1) is 14.8. The summed E-state index contributed by atoms with van der Waals surface area (Å²) in [4.78, 5) is 8.23. The Morgan fingerprint density at radius 3 is 2.38 bits per heavy atom. The molecular weight excluding hydrogens is 544 g/mol. The van der Waals surface area contributed by atoms with Crippen molar-refractivity contribution >= 4 is 39.8 Å².